The Bertz CT molecular complexity index is 1280. The van der Waals surface area contributed by atoms with E-state index in [1.165, 1.54) is 5.56 Å². The van der Waals surface area contributed by atoms with Crippen LogP contribution in [0, 0.1) is 0 Å². The number of ether oxygens (including phenoxy) is 1. The highest BCUT2D eigenvalue weighted by molar-refractivity contribution is 7.61. The van der Waals surface area contributed by atoms with Crippen LogP contribution in [0.1, 0.15) is 56.6 Å². The van der Waals surface area contributed by atoms with Crippen molar-refractivity contribution in [1.29, 1.82) is 0 Å². The van der Waals surface area contributed by atoms with Crippen LogP contribution in [0.4, 0.5) is 11.4 Å². The average molecular weight is 492 g/mol. The fourth-order valence-corrected chi connectivity index (χ4v) is 6.16. The lowest BCUT2D eigenvalue weighted by atomic mass is 9.82. The first kappa shape index (κ1) is 23.7. The van der Waals surface area contributed by atoms with E-state index in [0.29, 0.717) is 28.5 Å². The summed E-state index contributed by atoms with van der Waals surface area (Å²) in [5.41, 5.74) is 9.62. The van der Waals surface area contributed by atoms with Crippen molar-refractivity contribution in [3.05, 3.63) is 78.0 Å². The summed E-state index contributed by atoms with van der Waals surface area (Å²) < 4.78 is 24.5. The molecule has 1 saturated carbocycles. The number of nitrogen functional groups attached to an aromatic ring is 1. The molecule has 2 heterocycles. The molecule has 0 amide bonds. The highest BCUT2D eigenvalue weighted by Gasteiger charge is 2.35. The zero-order valence-corrected chi connectivity index (χ0v) is 20.8. The molecule has 1 fully saturated rings. The third-order valence-electron chi connectivity index (χ3n) is 6.77. The van der Waals surface area contributed by atoms with Gasteiger partial charge in [0.05, 0.1) is 22.8 Å². The monoisotopic (exact) mass is 491 g/mol. The van der Waals surface area contributed by atoms with Crippen molar-refractivity contribution in [2.24, 2.45) is 4.99 Å². The first-order valence-electron chi connectivity index (χ1n) is 11.9. The maximum atomic E-state index is 12.7. The van der Waals surface area contributed by atoms with Gasteiger partial charge in [0.15, 0.2) is 0 Å². The van der Waals surface area contributed by atoms with Crippen molar-refractivity contribution in [3.8, 4) is 5.88 Å². The first-order valence-corrected chi connectivity index (χ1v) is 13.5. The highest BCUT2D eigenvalue weighted by Crippen LogP contribution is 2.46. The molecule has 1 aliphatic heterocycles. The molecule has 0 bridgehead atoms. The van der Waals surface area contributed by atoms with Gasteiger partial charge in [-0.2, -0.15) is 0 Å². The maximum Gasteiger partial charge on any atom is 0.359 e. The number of pyridine rings is 1. The summed E-state index contributed by atoms with van der Waals surface area (Å²) in [7, 11) is -3.81. The molecule has 8 heteroatoms. The molecule has 0 spiro atoms. The van der Waals surface area contributed by atoms with Crippen molar-refractivity contribution in [2.75, 3.05) is 5.73 Å². The van der Waals surface area contributed by atoms with Gasteiger partial charge in [-0.25, -0.2) is 9.98 Å². The van der Waals surface area contributed by atoms with Crippen LogP contribution in [0.5, 0.6) is 5.88 Å². The van der Waals surface area contributed by atoms with Gasteiger partial charge in [-0.15, -0.1) is 0 Å². The van der Waals surface area contributed by atoms with Gasteiger partial charge in [-0.05, 0) is 69.2 Å². The van der Waals surface area contributed by atoms with Crippen LogP contribution in [0.15, 0.2) is 71.9 Å². The van der Waals surface area contributed by atoms with E-state index in [-0.39, 0.29) is 6.10 Å². The number of nitrogens with zero attached hydrogens (tertiary/aromatic N) is 2. The number of benzene rings is 2. The normalized spacial score (nSPS) is 22.9. The topological polar surface area (TPSA) is 107 Å². The molecule has 2 aromatic carbocycles. The molecule has 5 rings (SSSR count). The molecule has 1 aliphatic carbocycles. The van der Waals surface area contributed by atoms with Crippen LogP contribution in [-0.2, 0) is 9.09 Å². The quantitative estimate of drug-likeness (QED) is 0.456. The van der Waals surface area contributed by atoms with Crippen LogP contribution in [0.25, 0.3) is 0 Å². The molecule has 3 aromatic rings. The molecule has 2 aliphatic rings. The summed E-state index contributed by atoms with van der Waals surface area (Å²) in [6.07, 6.45) is 4.73. The van der Waals surface area contributed by atoms with E-state index < -0.39 is 13.2 Å². The van der Waals surface area contributed by atoms with Crippen LogP contribution in [0.2, 0.25) is 0 Å². The van der Waals surface area contributed by atoms with Gasteiger partial charge < -0.3 is 19.9 Å². The number of hydrogen-bond acceptors (Lipinski definition) is 6. The summed E-state index contributed by atoms with van der Waals surface area (Å²) in [4.78, 5) is 19.5. The summed E-state index contributed by atoms with van der Waals surface area (Å²) >= 11 is 0. The van der Waals surface area contributed by atoms with E-state index in [1.54, 1.807) is 36.5 Å². The molecule has 1 unspecified atom stereocenters. The van der Waals surface area contributed by atoms with Crippen molar-refractivity contribution >= 4 is 30.0 Å². The van der Waals surface area contributed by atoms with Gasteiger partial charge in [0, 0.05) is 11.8 Å². The van der Waals surface area contributed by atoms with Gasteiger partial charge in [-0.1, -0.05) is 42.5 Å². The number of rotatable bonds is 5. The molecule has 35 heavy (non-hydrogen) atoms. The third-order valence-corrected chi connectivity index (χ3v) is 8.31. The van der Waals surface area contributed by atoms with Crippen LogP contribution < -0.4 is 15.8 Å². The summed E-state index contributed by atoms with van der Waals surface area (Å²) in [5, 5.41) is 0.343. The van der Waals surface area contributed by atoms with Crippen molar-refractivity contribution in [1.82, 2.24) is 4.98 Å². The van der Waals surface area contributed by atoms with Crippen LogP contribution in [0.3, 0.4) is 0 Å². The zero-order valence-electron chi connectivity index (χ0n) is 19.9. The van der Waals surface area contributed by atoms with Crippen molar-refractivity contribution in [2.45, 2.75) is 57.2 Å². The van der Waals surface area contributed by atoms with Gasteiger partial charge in [0.1, 0.15) is 11.3 Å². The fourth-order valence-electron chi connectivity index (χ4n) is 4.88. The van der Waals surface area contributed by atoms with Gasteiger partial charge >= 0.3 is 7.60 Å². The Hall–Kier alpha value is -2.99. The van der Waals surface area contributed by atoms with E-state index in [4.69, 9.17) is 20.0 Å². The summed E-state index contributed by atoms with van der Waals surface area (Å²) in [6.45, 7) is 3.95. The predicted molar refractivity (Wildman–Crippen MR) is 138 cm³/mol. The number of anilines is 1. The molecular weight excluding hydrogens is 461 g/mol. The van der Waals surface area contributed by atoms with Crippen LogP contribution in [-0.4, -0.2) is 27.3 Å². The molecule has 1 aromatic heterocycles. The zero-order chi connectivity index (χ0) is 24.6. The van der Waals surface area contributed by atoms with E-state index >= 15 is 0 Å². The Labute approximate surface area is 205 Å². The lowest BCUT2D eigenvalue weighted by Gasteiger charge is -2.32. The molecule has 182 valence electrons. The second kappa shape index (κ2) is 9.23. The van der Waals surface area contributed by atoms with Crippen LogP contribution >= 0.6 is 7.60 Å². The lowest BCUT2D eigenvalue weighted by Crippen LogP contribution is -2.41. The van der Waals surface area contributed by atoms with Crippen molar-refractivity contribution < 1.29 is 18.7 Å². The Morgan fingerprint density at radius 2 is 1.71 bits per heavy atom. The van der Waals surface area contributed by atoms with Gasteiger partial charge in [0.2, 0.25) is 5.88 Å². The molecule has 1 atom stereocenters. The Balaban J connectivity index is 1.26. The molecular formula is C27H30N3O4P. The Morgan fingerprint density at radius 3 is 2.40 bits per heavy atom. The second-order valence-electron chi connectivity index (χ2n) is 9.68. The lowest BCUT2D eigenvalue weighted by molar-refractivity contribution is 0.133. The standard InChI is InChI=1S/C27H30N3O4P/c1-27(2)25(30-24-23(28)16-17-29-26(24)33-27)20-10-8-18(9-11-20)19-12-14-21(15-13-19)34-35(31,32)22-6-4-3-5-7-22/h3-11,16-17,19,21H,12-15H2,1-2H3,(H2,28,29)(H,31,32)/t19-,21-. The number of aromatic nitrogens is 1. The highest BCUT2D eigenvalue weighted by atomic mass is 31.2. The van der Waals surface area contributed by atoms with Crippen molar-refractivity contribution in [3.63, 3.8) is 0 Å². The molecule has 3 N–H and O–H groups in total. The smallest absolute Gasteiger partial charge is 0.359 e. The summed E-state index contributed by atoms with van der Waals surface area (Å²) in [5.74, 6) is 0.839. The maximum absolute atomic E-state index is 12.7. The van der Waals surface area contributed by atoms with E-state index in [2.05, 4.69) is 29.2 Å². The third kappa shape index (κ3) is 4.90. The first-order chi connectivity index (χ1) is 16.7. The molecule has 7 nitrogen and oxygen atoms in total. The number of nitrogens with two attached hydrogens (primary N) is 1. The summed E-state index contributed by atoms with van der Waals surface area (Å²) in [6, 6.07) is 18.8. The van der Waals surface area contributed by atoms with Gasteiger partial charge in [-0.3, -0.25) is 4.57 Å². The molecule has 0 saturated heterocycles. The Morgan fingerprint density at radius 1 is 1.03 bits per heavy atom. The van der Waals surface area contributed by atoms with Gasteiger partial charge in [0.25, 0.3) is 0 Å². The number of hydrogen-bond donors (Lipinski definition) is 2. The largest absolute Gasteiger partial charge is 0.463 e. The molecule has 0 radical (unpaired) electrons. The number of aliphatic imine (C=N–C) groups is 1. The van der Waals surface area contributed by atoms with E-state index in [9.17, 15) is 9.46 Å². The minimum atomic E-state index is -3.81. The van der Waals surface area contributed by atoms with E-state index in [1.807, 2.05) is 19.9 Å². The minimum absolute atomic E-state index is 0.213. The predicted octanol–water partition coefficient (Wildman–Crippen LogP) is 5.51. The fraction of sp³-hybridized carbons (Fsp3) is 0.333. The average Bonchev–Trinajstić information content (AvgIpc) is 2.84. The minimum Gasteiger partial charge on any atom is -0.463 e. The second-order valence-corrected chi connectivity index (χ2v) is 11.5. The van der Waals surface area contributed by atoms with E-state index in [0.717, 1.165) is 37.0 Å². The Kier molecular flexibility index (Phi) is 6.26. The number of fused-ring (bicyclic) bond motifs is 1. The SMILES string of the molecule is CC1(C)Oc2nccc(N)c2N=C1c1ccc([C@H]2CC[C@H](OP(=O)(O)c3ccccc3)CC2)cc1.